The summed E-state index contributed by atoms with van der Waals surface area (Å²) in [4.78, 5) is 18.9. The molecule has 2 aliphatic heterocycles. The second-order valence-electron chi connectivity index (χ2n) is 7.39. The van der Waals surface area contributed by atoms with Crippen LogP contribution in [0.15, 0.2) is 53.4 Å². The zero-order chi connectivity index (χ0) is 22.1. The first-order valence-electron chi connectivity index (χ1n) is 10.2. The van der Waals surface area contributed by atoms with E-state index >= 15 is 0 Å². The lowest BCUT2D eigenvalue weighted by molar-refractivity contribution is -0.127. The van der Waals surface area contributed by atoms with Gasteiger partial charge in [-0.15, -0.1) is 11.3 Å². The van der Waals surface area contributed by atoms with Crippen LogP contribution in [-0.2, 0) is 14.8 Å². The molecule has 2 aromatic carbocycles. The Hall–Kier alpha value is -2.95. The van der Waals surface area contributed by atoms with Gasteiger partial charge in [0.1, 0.15) is 18.2 Å². The monoisotopic (exact) mass is 471 g/mol. The van der Waals surface area contributed by atoms with Crippen LogP contribution in [0.2, 0.25) is 0 Å². The molecule has 5 rings (SSSR count). The number of piperazine rings is 1. The van der Waals surface area contributed by atoms with Gasteiger partial charge in [0.15, 0.2) is 11.5 Å². The van der Waals surface area contributed by atoms with Crippen LogP contribution in [-0.4, -0.2) is 67.9 Å². The van der Waals surface area contributed by atoms with Crippen LogP contribution in [0.25, 0.3) is 16.3 Å². The Kier molecular flexibility index (Phi) is 5.58. The zero-order valence-corrected chi connectivity index (χ0v) is 18.8. The Morgan fingerprint density at radius 1 is 1.00 bits per heavy atom. The number of nitrogens with zero attached hydrogens (tertiary/aromatic N) is 3. The van der Waals surface area contributed by atoms with E-state index in [-0.39, 0.29) is 23.9 Å². The number of carbonyl (C=O) groups is 1. The predicted octanol–water partition coefficient (Wildman–Crippen LogP) is 2.61. The molecule has 0 N–H and O–H groups in total. The Labute approximate surface area is 189 Å². The molecule has 166 valence electrons. The third-order valence-electron chi connectivity index (χ3n) is 5.38. The summed E-state index contributed by atoms with van der Waals surface area (Å²) in [7, 11) is -3.68. The molecular formula is C22H21N3O5S2. The van der Waals surface area contributed by atoms with Gasteiger partial charge in [-0.3, -0.25) is 4.79 Å². The molecule has 32 heavy (non-hydrogen) atoms. The molecule has 0 spiro atoms. The SMILES string of the molecule is O=C(C=Cc1nc2ccccc2s1)N1CCN(S(=O)(=O)c2ccc3c(c2)OCCO3)CC1. The summed E-state index contributed by atoms with van der Waals surface area (Å²) in [6, 6.07) is 12.5. The minimum absolute atomic E-state index is 0.152. The number of thiazole rings is 1. The molecule has 0 bridgehead atoms. The second kappa shape index (κ2) is 8.53. The number of aromatic nitrogens is 1. The molecule has 1 saturated heterocycles. The van der Waals surface area contributed by atoms with Crippen LogP contribution >= 0.6 is 11.3 Å². The highest BCUT2D eigenvalue weighted by Crippen LogP contribution is 2.33. The van der Waals surface area contributed by atoms with Crippen molar-refractivity contribution in [2.24, 2.45) is 0 Å². The van der Waals surface area contributed by atoms with Crippen LogP contribution < -0.4 is 9.47 Å². The minimum Gasteiger partial charge on any atom is -0.486 e. The Morgan fingerprint density at radius 3 is 2.53 bits per heavy atom. The fraction of sp³-hybridized carbons (Fsp3) is 0.273. The van der Waals surface area contributed by atoms with Crippen molar-refractivity contribution in [1.82, 2.24) is 14.2 Å². The summed E-state index contributed by atoms with van der Waals surface area (Å²) in [5.74, 6) is 0.831. The molecule has 1 fully saturated rings. The molecule has 0 aliphatic carbocycles. The number of carbonyl (C=O) groups excluding carboxylic acids is 1. The van der Waals surface area contributed by atoms with Crippen molar-refractivity contribution < 1.29 is 22.7 Å². The van der Waals surface area contributed by atoms with Crippen molar-refractivity contribution in [2.75, 3.05) is 39.4 Å². The van der Waals surface area contributed by atoms with E-state index in [1.807, 2.05) is 24.3 Å². The summed E-state index contributed by atoms with van der Waals surface area (Å²) in [5, 5.41) is 0.763. The van der Waals surface area contributed by atoms with Crippen LogP contribution in [0.1, 0.15) is 5.01 Å². The quantitative estimate of drug-likeness (QED) is 0.544. The van der Waals surface area contributed by atoms with Gasteiger partial charge in [-0.25, -0.2) is 13.4 Å². The summed E-state index contributed by atoms with van der Waals surface area (Å²) in [5.41, 5.74) is 0.905. The van der Waals surface area contributed by atoms with E-state index in [1.54, 1.807) is 17.0 Å². The van der Waals surface area contributed by atoms with Gasteiger partial charge in [0.25, 0.3) is 0 Å². The number of fused-ring (bicyclic) bond motifs is 2. The van der Waals surface area contributed by atoms with Crippen molar-refractivity contribution in [2.45, 2.75) is 4.90 Å². The molecule has 0 atom stereocenters. The van der Waals surface area contributed by atoms with E-state index in [9.17, 15) is 13.2 Å². The van der Waals surface area contributed by atoms with Crippen molar-refractivity contribution in [1.29, 1.82) is 0 Å². The summed E-state index contributed by atoms with van der Waals surface area (Å²) < 4.78 is 39.5. The molecule has 3 aromatic rings. The Balaban J connectivity index is 1.22. The van der Waals surface area contributed by atoms with Crippen molar-refractivity contribution in [3.05, 3.63) is 53.5 Å². The molecule has 1 aromatic heterocycles. The molecular weight excluding hydrogens is 450 g/mol. The average Bonchev–Trinajstić information content (AvgIpc) is 3.25. The number of ether oxygens (including phenoxy) is 2. The maximum Gasteiger partial charge on any atom is 0.246 e. The van der Waals surface area contributed by atoms with Crippen LogP contribution in [0.5, 0.6) is 11.5 Å². The Morgan fingerprint density at radius 2 is 1.75 bits per heavy atom. The highest BCUT2D eigenvalue weighted by molar-refractivity contribution is 7.89. The van der Waals surface area contributed by atoms with E-state index in [2.05, 4.69) is 4.98 Å². The minimum atomic E-state index is -3.68. The third-order valence-corrected chi connectivity index (χ3v) is 8.28. The van der Waals surface area contributed by atoms with Gasteiger partial charge in [-0.05, 0) is 30.3 Å². The van der Waals surface area contributed by atoms with Gasteiger partial charge in [-0.1, -0.05) is 12.1 Å². The first-order chi connectivity index (χ1) is 15.5. The summed E-state index contributed by atoms with van der Waals surface area (Å²) in [6.45, 7) is 1.96. The standard InChI is InChI=1S/C22H21N3O5S2/c26-22(8-7-21-23-17-3-1-2-4-20(17)31-21)24-9-11-25(12-10-24)32(27,28)16-5-6-18-19(15-16)30-14-13-29-18/h1-8,15H,9-14H2. The van der Waals surface area contributed by atoms with Gasteiger partial charge >= 0.3 is 0 Å². The summed E-state index contributed by atoms with van der Waals surface area (Å²) in [6.07, 6.45) is 3.22. The van der Waals surface area contributed by atoms with Gasteiger partial charge in [0, 0.05) is 38.3 Å². The molecule has 0 saturated carbocycles. The van der Waals surface area contributed by atoms with Gasteiger partial charge in [0.2, 0.25) is 15.9 Å². The molecule has 0 unspecified atom stereocenters. The average molecular weight is 472 g/mol. The van der Waals surface area contributed by atoms with E-state index in [4.69, 9.17) is 9.47 Å². The number of hydrogen-bond acceptors (Lipinski definition) is 7. The van der Waals surface area contributed by atoms with E-state index in [1.165, 1.54) is 33.9 Å². The van der Waals surface area contributed by atoms with Crippen LogP contribution in [0, 0.1) is 0 Å². The largest absolute Gasteiger partial charge is 0.486 e. The van der Waals surface area contributed by atoms with Crippen LogP contribution in [0.3, 0.4) is 0 Å². The molecule has 0 radical (unpaired) electrons. The highest BCUT2D eigenvalue weighted by atomic mass is 32.2. The van der Waals surface area contributed by atoms with E-state index < -0.39 is 10.0 Å². The lowest BCUT2D eigenvalue weighted by Gasteiger charge is -2.33. The highest BCUT2D eigenvalue weighted by Gasteiger charge is 2.30. The topological polar surface area (TPSA) is 89.0 Å². The third kappa shape index (κ3) is 4.08. The molecule has 1 amide bonds. The smallest absolute Gasteiger partial charge is 0.246 e. The molecule has 8 nitrogen and oxygen atoms in total. The first-order valence-corrected chi connectivity index (χ1v) is 12.5. The lowest BCUT2D eigenvalue weighted by Crippen LogP contribution is -2.50. The molecule has 3 heterocycles. The van der Waals surface area contributed by atoms with Crippen molar-refractivity contribution >= 4 is 43.6 Å². The Bertz CT molecular complexity index is 1260. The lowest BCUT2D eigenvalue weighted by atomic mass is 10.3. The number of amides is 1. The number of hydrogen-bond donors (Lipinski definition) is 0. The maximum absolute atomic E-state index is 13.1. The fourth-order valence-corrected chi connectivity index (χ4v) is 6.00. The molecule has 2 aliphatic rings. The first kappa shape index (κ1) is 20.9. The summed E-state index contributed by atoms with van der Waals surface area (Å²) >= 11 is 1.52. The van der Waals surface area contributed by atoms with Crippen molar-refractivity contribution in [3.8, 4) is 11.5 Å². The predicted molar refractivity (Wildman–Crippen MR) is 121 cm³/mol. The number of sulfonamides is 1. The second-order valence-corrected chi connectivity index (χ2v) is 10.4. The maximum atomic E-state index is 13.1. The number of para-hydroxylation sites is 1. The van der Waals surface area contributed by atoms with Gasteiger partial charge in [0.05, 0.1) is 15.1 Å². The zero-order valence-electron chi connectivity index (χ0n) is 17.1. The van der Waals surface area contributed by atoms with Crippen LogP contribution in [0.4, 0.5) is 0 Å². The fourth-order valence-electron chi connectivity index (χ4n) is 3.69. The normalized spacial score (nSPS) is 17.2. The van der Waals surface area contributed by atoms with Crippen molar-refractivity contribution in [3.63, 3.8) is 0 Å². The van der Waals surface area contributed by atoms with Gasteiger partial charge < -0.3 is 14.4 Å². The van der Waals surface area contributed by atoms with Gasteiger partial charge in [-0.2, -0.15) is 4.31 Å². The number of rotatable bonds is 4. The molecule has 10 heteroatoms. The number of benzene rings is 2. The van der Waals surface area contributed by atoms with E-state index in [0.717, 1.165) is 15.2 Å². The van der Waals surface area contributed by atoms with E-state index in [0.29, 0.717) is 37.8 Å².